The predicted molar refractivity (Wildman–Crippen MR) is 105 cm³/mol. The van der Waals surface area contributed by atoms with E-state index < -0.39 is 0 Å². The summed E-state index contributed by atoms with van der Waals surface area (Å²) >= 11 is 3.56. The lowest BCUT2D eigenvalue weighted by Crippen LogP contribution is -2.27. The molecule has 1 N–H and O–H groups in total. The molecular formula is C21H20BrNO3. The van der Waals surface area contributed by atoms with Gasteiger partial charge in [0.1, 0.15) is 0 Å². The van der Waals surface area contributed by atoms with E-state index in [0.717, 1.165) is 45.4 Å². The SMILES string of the molecule is COc1cc2c(cc1OC)[C@@H](c1cccc(Br)c1)C1=C(CCCC1=O)N2. The second-order valence-corrected chi connectivity index (χ2v) is 7.49. The van der Waals surface area contributed by atoms with Crippen LogP contribution in [0.1, 0.15) is 36.3 Å². The van der Waals surface area contributed by atoms with Gasteiger partial charge in [0.2, 0.25) is 0 Å². The Morgan fingerprint density at radius 3 is 2.58 bits per heavy atom. The Kier molecular flexibility index (Phi) is 4.49. The molecule has 1 aliphatic heterocycles. The van der Waals surface area contributed by atoms with Gasteiger partial charge in [0, 0.05) is 39.8 Å². The molecule has 1 atom stereocenters. The first-order chi connectivity index (χ1) is 12.6. The largest absolute Gasteiger partial charge is 0.493 e. The van der Waals surface area contributed by atoms with Crippen LogP contribution in [0.15, 0.2) is 52.1 Å². The number of hydrogen-bond acceptors (Lipinski definition) is 4. The summed E-state index contributed by atoms with van der Waals surface area (Å²) < 4.78 is 12.0. The molecule has 0 saturated carbocycles. The van der Waals surface area contributed by atoms with Crippen molar-refractivity contribution in [1.29, 1.82) is 0 Å². The lowest BCUT2D eigenvalue weighted by Gasteiger charge is -2.34. The molecule has 134 valence electrons. The Hall–Kier alpha value is -2.27. The van der Waals surface area contributed by atoms with E-state index in [1.165, 1.54) is 0 Å². The highest BCUT2D eigenvalue weighted by Crippen LogP contribution is 2.48. The van der Waals surface area contributed by atoms with E-state index in [2.05, 4.69) is 33.4 Å². The zero-order valence-electron chi connectivity index (χ0n) is 14.8. The lowest BCUT2D eigenvalue weighted by atomic mass is 9.75. The van der Waals surface area contributed by atoms with E-state index in [1.54, 1.807) is 14.2 Å². The Balaban J connectivity index is 1.96. The highest BCUT2D eigenvalue weighted by atomic mass is 79.9. The van der Waals surface area contributed by atoms with E-state index in [9.17, 15) is 4.79 Å². The molecule has 0 aromatic heterocycles. The molecule has 0 spiro atoms. The Bertz CT molecular complexity index is 919. The maximum Gasteiger partial charge on any atom is 0.162 e. The number of carbonyl (C=O) groups excluding carboxylic acids is 1. The highest BCUT2D eigenvalue weighted by Gasteiger charge is 2.36. The molecule has 0 saturated heterocycles. The van der Waals surface area contributed by atoms with Crippen molar-refractivity contribution in [3.8, 4) is 11.5 Å². The molecular weight excluding hydrogens is 394 g/mol. The van der Waals surface area contributed by atoms with Crippen LogP contribution < -0.4 is 14.8 Å². The number of Topliss-reactive ketones (excluding diaryl/α,β-unsaturated/α-hetero) is 1. The number of nitrogens with one attached hydrogen (secondary N) is 1. The third kappa shape index (κ3) is 2.80. The van der Waals surface area contributed by atoms with Crippen molar-refractivity contribution in [3.63, 3.8) is 0 Å². The monoisotopic (exact) mass is 413 g/mol. The first-order valence-corrected chi connectivity index (χ1v) is 9.46. The summed E-state index contributed by atoms with van der Waals surface area (Å²) in [6.45, 7) is 0. The number of halogens is 1. The summed E-state index contributed by atoms with van der Waals surface area (Å²) in [7, 11) is 3.26. The van der Waals surface area contributed by atoms with Crippen molar-refractivity contribution in [2.45, 2.75) is 25.2 Å². The van der Waals surface area contributed by atoms with Crippen LogP contribution in [-0.4, -0.2) is 20.0 Å². The number of allylic oxidation sites excluding steroid dienone is 2. The molecule has 1 heterocycles. The van der Waals surface area contributed by atoms with Gasteiger partial charge in [-0.15, -0.1) is 0 Å². The summed E-state index contributed by atoms with van der Waals surface area (Å²) in [5.74, 6) is 1.47. The van der Waals surface area contributed by atoms with Gasteiger partial charge in [-0.3, -0.25) is 4.79 Å². The zero-order valence-corrected chi connectivity index (χ0v) is 16.4. The smallest absolute Gasteiger partial charge is 0.162 e. The molecule has 4 rings (SSSR count). The van der Waals surface area contributed by atoms with Crippen LogP contribution in [0.4, 0.5) is 5.69 Å². The van der Waals surface area contributed by atoms with Crippen molar-refractivity contribution < 1.29 is 14.3 Å². The maximum absolute atomic E-state index is 12.8. The van der Waals surface area contributed by atoms with E-state index in [0.29, 0.717) is 17.9 Å². The van der Waals surface area contributed by atoms with Gasteiger partial charge in [0.15, 0.2) is 17.3 Å². The maximum atomic E-state index is 12.8. The minimum absolute atomic E-state index is 0.105. The van der Waals surface area contributed by atoms with Crippen LogP contribution in [0.5, 0.6) is 11.5 Å². The number of hydrogen-bond donors (Lipinski definition) is 1. The number of fused-ring (bicyclic) bond motifs is 1. The van der Waals surface area contributed by atoms with Crippen LogP contribution in [0.2, 0.25) is 0 Å². The van der Waals surface area contributed by atoms with Gasteiger partial charge in [-0.2, -0.15) is 0 Å². The van der Waals surface area contributed by atoms with E-state index >= 15 is 0 Å². The summed E-state index contributed by atoms with van der Waals surface area (Å²) in [5, 5.41) is 3.48. The quantitative estimate of drug-likeness (QED) is 0.766. The van der Waals surface area contributed by atoms with Gasteiger partial charge in [0.25, 0.3) is 0 Å². The van der Waals surface area contributed by atoms with Gasteiger partial charge >= 0.3 is 0 Å². The molecule has 0 unspecified atom stereocenters. The Morgan fingerprint density at radius 1 is 1.08 bits per heavy atom. The van der Waals surface area contributed by atoms with Crippen LogP contribution >= 0.6 is 15.9 Å². The molecule has 0 amide bonds. The number of ether oxygens (including phenoxy) is 2. The minimum Gasteiger partial charge on any atom is -0.493 e. The normalized spacial score (nSPS) is 18.7. The van der Waals surface area contributed by atoms with E-state index in [-0.39, 0.29) is 11.7 Å². The molecule has 0 fully saturated rings. The molecule has 0 bridgehead atoms. The van der Waals surface area contributed by atoms with E-state index in [1.807, 2.05) is 24.3 Å². The standard InChI is InChI=1S/C21H20BrNO3/c1-25-18-10-14-16(11-19(18)26-2)23-15-7-4-8-17(24)21(15)20(14)12-5-3-6-13(22)9-12/h3,5-6,9-11,20,23H,4,7-8H2,1-2H3/t20-/m1/s1. The zero-order chi connectivity index (χ0) is 18.3. The fourth-order valence-electron chi connectivity index (χ4n) is 3.92. The fourth-order valence-corrected chi connectivity index (χ4v) is 4.34. The van der Waals surface area contributed by atoms with Gasteiger partial charge in [-0.1, -0.05) is 28.1 Å². The molecule has 1 aliphatic carbocycles. The van der Waals surface area contributed by atoms with Crippen LogP contribution in [0.25, 0.3) is 0 Å². The number of anilines is 1. The van der Waals surface area contributed by atoms with Gasteiger partial charge in [0.05, 0.1) is 14.2 Å². The number of methoxy groups -OCH3 is 2. The predicted octanol–water partition coefficient (Wildman–Crippen LogP) is 5.03. The molecule has 4 nitrogen and oxygen atoms in total. The average Bonchev–Trinajstić information content (AvgIpc) is 2.65. The number of benzene rings is 2. The summed E-state index contributed by atoms with van der Waals surface area (Å²) in [6, 6.07) is 12.1. The molecule has 2 aliphatic rings. The molecule has 2 aromatic rings. The first-order valence-electron chi connectivity index (χ1n) is 8.67. The van der Waals surface area contributed by atoms with Crippen molar-refractivity contribution >= 4 is 27.4 Å². The van der Waals surface area contributed by atoms with Crippen molar-refractivity contribution in [2.24, 2.45) is 0 Å². The minimum atomic E-state index is -0.105. The van der Waals surface area contributed by atoms with Crippen molar-refractivity contribution in [2.75, 3.05) is 19.5 Å². The number of ketones is 1. The van der Waals surface area contributed by atoms with Crippen molar-refractivity contribution in [1.82, 2.24) is 0 Å². The highest BCUT2D eigenvalue weighted by molar-refractivity contribution is 9.10. The summed E-state index contributed by atoms with van der Waals surface area (Å²) in [5.41, 5.74) is 5.02. The first kappa shape index (κ1) is 17.2. The lowest BCUT2D eigenvalue weighted by molar-refractivity contribution is -0.116. The third-order valence-corrected chi connectivity index (χ3v) is 5.57. The molecule has 26 heavy (non-hydrogen) atoms. The summed E-state index contributed by atoms with van der Waals surface area (Å²) in [4.78, 5) is 12.8. The second-order valence-electron chi connectivity index (χ2n) is 6.58. The second kappa shape index (κ2) is 6.80. The molecule has 2 aromatic carbocycles. The molecule has 0 radical (unpaired) electrons. The van der Waals surface area contributed by atoms with Crippen LogP contribution in [0, 0.1) is 0 Å². The third-order valence-electron chi connectivity index (χ3n) is 5.08. The Morgan fingerprint density at radius 2 is 1.85 bits per heavy atom. The van der Waals surface area contributed by atoms with Crippen LogP contribution in [-0.2, 0) is 4.79 Å². The molecule has 5 heteroatoms. The van der Waals surface area contributed by atoms with Gasteiger partial charge in [-0.25, -0.2) is 0 Å². The van der Waals surface area contributed by atoms with Crippen LogP contribution in [0.3, 0.4) is 0 Å². The fraction of sp³-hybridized carbons (Fsp3) is 0.286. The van der Waals surface area contributed by atoms with Gasteiger partial charge in [-0.05, 0) is 42.2 Å². The number of carbonyl (C=O) groups is 1. The average molecular weight is 414 g/mol. The van der Waals surface area contributed by atoms with Crippen molar-refractivity contribution in [3.05, 3.63) is 63.3 Å². The van der Waals surface area contributed by atoms with E-state index in [4.69, 9.17) is 9.47 Å². The number of rotatable bonds is 3. The summed E-state index contributed by atoms with van der Waals surface area (Å²) in [6.07, 6.45) is 2.38. The van der Waals surface area contributed by atoms with Gasteiger partial charge < -0.3 is 14.8 Å². The Labute approximate surface area is 161 Å². The topological polar surface area (TPSA) is 47.6 Å².